The average Bonchev–Trinajstić information content (AvgIpc) is 2.30. The zero-order chi connectivity index (χ0) is 12.7. The smallest absolute Gasteiger partial charge is 0.340 e. The van der Waals surface area contributed by atoms with Gasteiger partial charge in [0.05, 0.1) is 12.2 Å². The Balaban J connectivity index is 2.98. The van der Waals surface area contributed by atoms with Gasteiger partial charge in [0.15, 0.2) is 0 Å². The molecule has 0 aromatic heterocycles. The van der Waals surface area contributed by atoms with Gasteiger partial charge in [-0.25, -0.2) is 9.59 Å². The molecule has 0 bridgehead atoms. The van der Waals surface area contributed by atoms with Crippen molar-refractivity contribution in [2.45, 2.75) is 6.92 Å². The fraction of sp³-hybridized carbons (Fsp3) is 0.167. The van der Waals surface area contributed by atoms with Crippen LogP contribution in [0, 0.1) is 0 Å². The highest BCUT2D eigenvalue weighted by molar-refractivity contribution is 6.16. The second-order valence-corrected chi connectivity index (χ2v) is 3.15. The van der Waals surface area contributed by atoms with Crippen LogP contribution in [-0.2, 0) is 9.53 Å². The maximum absolute atomic E-state index is 11.7. The van der Waals surface area contributed by atoms with Crippen molar-refractivity contribution in [3.8, 4) is 0 Å². The highest BCUT2D eigenvalue weighted by Gasteiger charge is 2.12. The summed E-state index contributed by atoms with van der Waals surface area (Å²) in [6.45, 7) is 1.97. The fourth-order valence-corrected chi connectivity index (χ4v) is 1.23. The third-order valence-corrected chi connectivity index (χ3v) is 1.94. The van der Waals surface area contributed by atoms with Crippen LogP contribution in [0.3, 0.4) is 0 Å². The van der Waals surface area contributed by atoms with Gasteiger partial charge in [-0.05, 0) is 12.5 Å². The summed E-state index contributed by atoms with van der Waals surface area (Å²) < 4.78 is 4.89. The summed E-state index contributed by atoms with van der Waals surface area (Å²) in [5, 5.41) is 2.26. The van der Waals surface area contributed by atoms with Gasteiger partial charge in [0.1, 0.15) is 0 Å². The van der Waals surface area contributed by atoms with Crippen molar-refractivity contribution in [2.24, 2.45) is 5.73 Å². The standard InChI is InChI=1S/C12H14N2O3/c1-2-17-11(15)10(8-14-12(13)16)9-6-4-3-5-7-9/h3-8H,2H2,1H3,(H3,13,14,16)/b10-8-. The Bertz CT molecular complexity index is 427. The molecule has 5 nitrogen and oxygen atoms in total. The minimum absolute atomic E-state index is 0.256. The summed E-state index contributed by atoms with van der Waals surface area (Å²) in [6, 6.07) is 8.15. The lowest BCUT2D eigenvalue weighted by Gasteiger charge is -2.07. The van der Waals surface area contributed by atoms with Crippen LogP contribution in [0.25, 0.3) is 5.57 Å². The number of esters is 1. The maximum atomic E-state index is 11.7. The Kier molecular flexibility index (Phi) is 4.75. The number of hydrogen-bond donors (Lipinski definition) is 2. The van der Waals surface area contributed by atoms with Crippen LogP contribution in [0.15, 0.2) is 36.5 Å². The van der Waals surface area contributed by atoms with Gasteiger partial charge in [-0.1, -0.05) is 30.3 Å². The number of nitrogens with one attached hydrogen (secondary N) is 1. The lowest BCUT2D eigenvalue weighted by molar-refractivity contribution is -0.136. The maximum Gasteiger partial charge on any atom is 0.340 e. The third kappa shape index (κ3) is 3.98. The van der Waals surface area contributed by atoms with Crippen LogP contribution in [0.2, 0.25) is 0 Å². The molecule has 90 valence electrons. The minimum atomic E-state index is -0.734. The van der Waals surface area contributed by atoms with Crippen molar-refractivity contribution in [1.82, 2.24) is 5.32 Å². The van der Waals surface area contributed by atoms with Crippen molar-refractivity contribution in [3.63, 3.8) is 0 Å². The van der Waals surface area contributed by atoms with E-state index in [4.69, 9.17) is 10.5 Å². The van der Waals surface area contributed by atoms with Crippen LogP contribution < -0.4 is 11.1 Å². The molecule has 1 aromatic rings. The number of urea groups is 1. The first-order valence-corrected chi connectivity index (χ1v) is 5.13. The van der Waals surface area contributed by atoms with Gasteiger partial charge >= 0.3 is 12.0 Å². The number of ether oxygens (including phenoxy) is 1. The molecule has 0 aliphatic carbocycles. The summed E-state index contributed by atoms with van der Waals surface area (Å²) in [7, 11) is 0. The molecule has 0 aliphatic heterocycles. The van der Waals surface area contributed by atoms with E-state index in [0.717, 1.165) is 0 Å². The Morgan fingerprint density at radius 2 is 2.00 bits per heavy atom. The molecule has 0 unspecified atom stereocenters. The first-order chi connectivity index (χ1) is 8.15. The molecule has 0 atom stereocenters. The van der Waals surface area contributed by atoms with Crippen LogP contribution in [0.1, 0.15) is 12.5 Å². The van der Waals surface area contributed by atoms with Crippen molar-refractivity contribution in [1.29, 1.82) is 0 Å². The van der Waals surface area contributed by atoms with Crippen LogP contribution in [0.5, 0.6) is 0 Å². The van der Waals surface area contributed by atoms with Crippen LogP contribution in [-0.4, -0.2) is 18.6 Å². The summed E-state index contributed by atoms with van der Waals surface area (Å²) in [5.74, 6) is -0.507. The molecule has 0 fully saturated rings. The number of carbonyl (C=O) groups is 2. The number of primary amides is 1. The molecule has 1 aromatic carbocycles. The molecule has 0 spiro atoms. The summed E-state index contributed by atoms with van der Waals surface area (Å²) in [4.78, 5) is 22.3. The Labute approximate surface area is 99.3 Å². The van der Waals surface area contributed by atoms with Gasteiger partial charge in [-0.15, -0.1) is 0 Å². The lowest BCUT2D eigenvalue weighted by atomic mass is 10.1. The molecule has 0 saturated carbocycles. The van der Waals surface area contributed by atoms with Gasteiger partial charge in [-0.2, -0.15) is 0 Å². The van der Waals surface area contributed by atoms with Gasteiger partial charge in [0.25, 0.3) is 0 Å². The Morgan fingerprint density at radius 3 is 2.53 bits per heavy atom. The van der Waals surface area contributed by atoms with E-state index in [1.54, 1.807) is 31.2 Å². The molecule has 0 heterocycles. The molecule has 1 rings (SSSR count). The van der Waals surface area contributed by atoms with Gasteiger partial charge < -0.3 is 15.8 Å². The van der Waals surface area contributed by atoms with Gasteiger partial charge in [0, 0.05) is 6.20 Å². The minimum Gasteiger partial charge on any atom is -0.462 e. The Morgan fingerprint density at radius 1 is 1.35 bits per heavy atom. The number of hydrogen-bond acceptors (Lipinski definition) is 3. The molecule has 3 N–H and O–H groups in total. The number of rotatable bonds is 4. The highest BCUT2D eigenvalue weighted by Crippen LogP contribution is 2.14. The third-order valence-electron chi connectivity index (χ3n) is 1.94. The molecular formula is C12H14N2O3. The van der Waals surface area contributed by atoms with E-state index < -0.39 is 12.0 Å². The number of carbonyl (C=O) groups excluding carboxylic acids is 2. The predicted octanol–water partition coefficient (Wildman–Crippen LogP) is 1.26. The van der Waals surface area contributed by atoms with Gasteiger partial charge in [-0.3, -0.25) is 0 Å². The Hall–Kier alpha value is -2.30. The van der Waals surface area contributed by atoms with E-state index >= 15 is 0 Å². The molecular weight excluding hydrogens is 220 g/mol. The fourth-order valence-electron chi connectivity index (χ4n) is 1.23. The number of benzene rings is 1. The zero-order valence-electron chi connectivity index (χ0n) is 9.47. The first-order valence-electron chi connectivity index (χ1n) is 5.13. The van der Waals surface area contributed by atoms with Gasteiger partial charge in [0.2, 0.25) is 0 Å². The topological polar surface area (TPSA) is 81.4 Å². The zero-order valence-corrected chi connectivity index (χ0v) is 9.47. The molecule has 0 saturated heterocycles. The largest absolute Gasteiger partial charge is 0.462 e. The van der Waals surface area contributed by atoms with Crippen LogP contribution >= 0.6 is 0 Å². The highest BCUT2D eigenvalue weighted by atomic mass is 16.5. The van der Waals surface area contributed by atoms with Crippen molar-refractivity contribution >= 4 is 17.6 Å². The van der Waals surface area contributed by atoms with E-state index in [1.165, 1.54) is 6.20 Å². The summed E-state index contributed by atoms with van der Waals surface area (Å²) in [6.07, 6.45) is 1.25. The van der Waals surface area contributed by atoms with Crippen molar-refractivity contribution in [2.75, 3.05) is 6.61 Å². The number of nitrogens with two attached hydrogens (primary N) is 1. The predicted molar refractivity (Wildman–Crippen MR) is 63.8 cm³/mol. The molecule has 2 amide bonds. The normalized spacial score (nSPS) is 10.8. The van der Waals surface area contributed by atoms with E-state index in [-0.39, 0.29) is 12.2 Å². The number of amides is 2. The molecule has 17 heavy (non-hydrogen) atoms. The molecule has 0 aliphatic rings. The molecule has 0 radical (unpaired) electrons. The second-order valence-electron chi connectivity index (χ2n) is 3.15. The van der Waals surface area contributed by atoms with E-state index in [0.29, 0.717) is 5.56 Å². The first kappa shape index (κ1) is 12.8. The lowest BCUT2D eigenvalue weighted by Crippen LogP contribution is -2.25. The van der Waals surface area contributed by atoms with E-state index in [1.807, 2.05) is 6.07 Å². The summed E-state index contributed by atoms with van der Waals surface area (Å²) >= 11 is 0. The van der Waals surface area contributed by atoms with Crippen molar-refractivity contribution < 1.29 is 14.3 Å². The quantitative estimate of drug-likeness (QED) is 0.607. The second kappa shape index (κ2) is 6.32. The average molecular weight is 234 g/mol. The van der Waals surface area contributed by atoms with Crippen molar-refractivity contribution in [3.05, 3.63) is 42.1 Å². The SMILES string of the molecule is CCOC(=O)/C(=C\NC(N)=O)c1ccccc1. The van der Waals surface area contributed by atoms with Crippen LogP contribution in [0.4, 0.5) is 4.79 Å². The van der Waals surface area contributed by atoms with E-state index in [9.17, 15) is 9.59 Å². The van der Waals surface area contributed by atoms with E-state index in [2.05, 4.69) is 5.32 Å². The summed E-state index contributed by atoms with van der Waals surface area (Å²) in [5.41, 5.74) is 5.85. The monoisotopic (exact) mass is 234 g/mol. The molecule has 5 heteroatoms.